The Kier molecular flexibility index (Phi) is 5.58. The van der Waals surface area contributed by atoms with Crippen LogP contribution in [0.3, 0.4) is 0 Å². The summed E-state index contributed by atoms with van der Waals surface area (Å²) in [6, 6.07) is 1.25. The Labute approximate surface area is 94.2 Å². The van der Waals surface area contributed by atoms with E-state index in [2.05, 4.69) is 38.0 Å². The summed E-state index contributed by atoms with van der Waals surface area (Å²) in [5.41, 5.74) is 0. The Bertz CT molecular complexity index is 167. The summed E-state index contributed by atoms with van der Waals surface area (Å²) < 4.78 is 5.38. The minimum Gasteiger partial charge on any atom is -0.380 e. The molecule has 0 aromatic rings. The van der Waals surface area contributed by atoms with Crippen molar-refractivity contribution < 1.29 is 4.74 Å². The van der Waals surface area contributed by atoms with Crippen molar-refractivity contribution >= 4 is 0 Å². The van der Waals surface area contributed by atoms with Gasteiger partial charge in [0.25, 0.3) is 0 Å². The summed E-state index contributed by atoms with van der Waals surface area (Å²) in [5, 5.41) is 3.55. The summed E-state index contributed by atoms with van der Waals surface area (Å²) in [6.45, 7) is 10.8. The number of hydrogen-bond donors (Lipinski definition) is 1. The number of rotatable bonds is 6. The van der Waals surface area contributed by atoms with E-state index in [1.54, 1.807) is 0 Å². The van der Waals surface area contributed by atoms with E-state index in [0.29, 0.717) is 18.0 Å². The lowest BCUT2D eigenvalue weighted by atomic mass is 10.1. The fraction of sp³-hybridized carbons (Fsp3) is 1.00. The second kappa shape index (κ2) is 6.46. The highest BCUT2D eigenvalue weighted by atomic mass is 16.5. The summed E-state index contributed by atoms with van der Waals surface area (Å²) >= 11 is 0. The molecule has 0 aromatic heterocycles. The largest absolute Gasteiger partial charge is 0.380 e. The first-order chi connectivity index (χ1) is 7.11. The predicted octanol–water partition coefficient (Wildman–Crippen LogP) is 1.34. The SMILES string of the molecule is CC(C)C(C)NCCN(C)C1CCOC1. The fourth-order valence-electron chi connectivity index (χ4n) is 1.76. The van der Waals surface area contributed by atoms with E-state index >= 15 is 0 Å². The van der Waals surface area contributed by atoms with Gasteiger partial charge in [0.1, 0.15) is 0 Å². The third kappa shape index (κ3) is 4.49. The minimum atomic E-state index is 0.609. The maximum Gasteiger partial charge on any atom is 0.0622 e. The molecule has 1 aliphatic rings. The van der Waals surface area contributed by atoms with Gasteiger partial charge in [0.2, 0.25) is 0 Å². The van der Waals surface area contributed by atoms with Crippen LogP contribution in [0, 0.1) is 5.92 Å². The molecule has 1 heterocycles. The summed E-state index contributed by atoms with van der Waals surface area (Å²) in [5.74, 6) is 0.713. The van der Waals surface area contributed by atoms with Gasteiger partial charge in [-0.05, 0) is 26.3 Å². The molecule has 1 saturated heterocycles. The molecule has 0 bridgehead atoms. The maximum absolute atomic E-state index is 5.38. The number of likely N-dealkylation sites (N-methyl/N-ethyl adjacent to an activating group) is 1. The zero-order valence-electron chi connectivity index (χ0n) is 10.6. The van der Waals surface area contributed by atoms with Crippen molar-refractivity contribution in [2.75, 3.05) is 33.4 Å². The second-order valence-corrected chi connectivity index (χ2v) is 4.98. The lowest BCUT2D eigenvalue weighted by molar-refractivity contribution is 0.158. The first-order valence-corrected chi connectivity index (χ1v) is 6.12. The highest BCUT2D eigenvalue weighted by molar-refractivity contribution is 4.74. The van der Waals surface area contributed by atoms with Crippen molar-refractivity contribution in [2.24, 2.45) is 5.92 Å². The Balaban J connectivity index is 2.08. The molecule has 90 valence electrons. The molecule has 0 saturated carbocycles. The van der Waals surface area contributed by atoms with Gasteiger partial charge >= 0.3 is 0 Å². The molecule has 0 aromatic carbocycles. The zero-order valence-corrected chi connectivity index (χ0v) is 10.6. The summed E-state index contributed by atoms with van der Waals surface area (Å²) in [7, 11) is 2.20. The third-order valence-corrected chi connectivity index (χ3v) is 3.46. The number of nitrogens with zero attached hydrogens (tertiary/aromatic N) is 1. The maximum atomic E-state index is 5.38. The van der Waals surface area contributed by atoms with Crippen LogP contribution in [-0.2, 0) is 4.74 Å². The van der Waals surface area contributed by atoms with Crippen molar-refractivity contribution in [1.29, 1.82) is 0 Å². The van der Waals surface area contributed by atoms with Gasteiger partial charge in [-0.2, -0.15) is 0 Å². The molecule has 0 amide bonds. The molecule has 0 aliphatic carbocycles. The molecular weight excluding hydrogens is 188 g/mol. The van der Waals surface area contributed by atoms with Gasteiger partial charge in [-0.15, -0.1) is 0 Å². The van der Waals surface area contributed by atoms with Gasteiger partial charge in [-0.25, -0.2) is 0 Å². The van der Waals surface area contributed by atoms with Crippen LogP contribution in [0.1, 0.15) is 27.2 Å². The molecule has 1 rings (SSSR count). The predicted molar refractivity (Wildman–Crippen MR) is 64.2 cm³/mol. The van der Waals surface area contributed by atoms with Crippen molar-refractivity contribution in [3.05, 3.63) is 0 Å². The molecule has 3 heteroatoms. The van der Waals surface area contributed by atoms with Crippen LogP contribution in [0.2, 0.25) is 0 Å². The average Bonchev–Trinajstić information content (AvgIpc) is 2.70. The van der Waals surface area contributed by atoms with Crippen molar-refractivity contribution in [3.8, 4) is 0 Å². The summed E-state index contributed by atoms with van der Waals surface area (Å²) in [4.78, 5) is 2.41. The molecule has 0 radical (unpaired) electrons. The number of ether oxygens (including phenoxy) is 1. The number of nitrogens with one attached hydrogen (secondary N) is 1. The molecule has 1 fully saturated rings. The molecule has 2 atom stereocenters. The van der Waals surface area contributed by atoms with Gasteiger partial charge in [0, 0.05) is 31.8 Å². The van der Waals surface area contributed by atoms with Gasteiger partial charge in [0.15, 0.2) is 0 Å². The Morgan fingerprint density at radius 2 is 2.13 bits per heavy atom. The molecule has 15 heavy (non-hydrogen) atoms. The zero-order chi connectivity index (χ0) is 11.3. The molecule has 2 unspecified atom stereocenters. The van der Waals surface area contributed by atoms with Crippen LogP contribution in [0.25, 0.3) is 0 Å². The highest BCUT2D eigenvalue weighted by Crippen LogP contribution is 2.09. The van der Waals surface area contributed by atoms with Crippen LogP contribution in [0.15, 0.2) is 0 Å². The first kappa shape index (κ1) is 12.9. The Morgan fingerprint density at radius 1 is 1.40 bits per heavy atom. The molecule has 1 N–H and O–H groups in total. The van der Waals surface area contributed by atoms with Gasteiger partial charge in [0.05, 0.1) is 6.61 Å². The van der Waals surface area contributed by atoms with E-state index < -0.39 is 0 Å². The molecule has 1 aliphatic heterocycles. The van der Waals surface area contributed by atoms with Gasteiger partial charge < -0.3 is 10.1 Å². The van der Waals surface area contributed by atoms with Crippen LogP contribution in [0.4, 0.5) is 0 Å². The molecule has 0 spiro atoms. The Morgan fingerprint density at radius 3 is 2.67 bits per heavy atom. The van der Waals surface area contributed by atoms with E-state index in [0.717, 1.165) is 26.3 Å². The van der Waals surface area contributed by atoms with Crippen LogP contribution in [0.5, 0.6) is 0 Å². The lowest BCUT2D eigenvalue weighted by Gasteiger charge is -2.24. The highest BCUT2D eigenvalue weighted by Gasteiger charge is 2.19. The van der Waals surface area contributed by atoms with Crippen molar-refractivity contribution in [2.45, 2.75) is 39.3 Å². The Hall–Kier alpha value is -0.120. The van der Waals surface area contributed by atoms with Crippen molar-refractivity contribution in [1.82, 2.24) is 10.2 Å². The topological polar surface area (TPSA) is 24.5 Å². The number of hydrogen-bond acceptors (Lipinski definition) is 3. The standard InChI is InChI=1S/C12H26N2O/c1-10(2)11(3)13-6-7-14(4)12-5-8-15-9-12/h10-13H,5-9H2,1-4H3. The van der Waals surface area contributed by atoms with Gasteiger partial charge in [-0.1, -0.05) is 13.8 Å². The summed E-state index contributed by atoms with van der Waals surface area (Å²) in [6.07, 6.45) is 1.19. The molecular formula is C12H26N2O. The second-order valence-electron chi connectivity index (χ2n) is 4.98. The monoisotopic (exact) mass is 214 g/mol. The van der Waals surface area contributed by atoms with Crippen LogP contribution >= 0.6 is 0 Å². The van der Waals surface area contributed by atoms with Crippen LogP contribution in [-0.4, -0.2) is 50.3 Å². The normalized spacial score (nSPS) is 24.0. The van der Waals surface area contributed by atoms with E-state index in [-0.39, 0.29) is 0 Å². The van der Waals surface area contributed by atoms with E-state index in [9.17, 15) is 0 Å². The minimum absolute atomic E-state index is 0.609. The van der Waals surface area contributed by atoms with E-state index in [1.165, 1.54) is 6.42 Å². The third-order valence-electron chi connectivity index (χ3n) is 3.46. The first-order valence-electron chi connectivity index (χ1n) is 6.12. The van der Waals surface area contributed by atoms with E-state index in [1.807, 2.05) is 0 Å². The lowest BCUT2D eigenvalue weighted by Crippen LogP contribution is -2.40. The van der Waals surface area contributed by atoms with Crippen molar-refractivity contribution in [3.63, 3.8) is 0 Å². The van der Waals surface area contributed by atoms with E-state index in [4.69, 9.17) is 4.74 Å². The fourth-order valence-corrected chi connectivity index (χ4v) is 1.76. The average molecular weight is 214 g/mol. The van der Waals surface area contributed by atoms with Crippen LogP contribution < -0.4 is 5.32 Å². The smallest absolute Gasteiger partial charge is 0.0622 e. The van der Waals surface area contributed by atoms with Gasteiger partial charge in [-0.3, -0.25) is 4.90 Å². The molecule has 3 nitrogen and oxygen atoms in total. The quantitative estimate of drug-likeness (QED) is 0.722.